The van der Waals surface area contributed by atoms with Crippen LogP contribution in [-0.2, 0) is 0 Å². The van der Waals surface area contributed by atoms with E-state index in [2.05, 4.69) is 0 Å². The molecule has 6 heteroatoms. The Kier molecular flexibility index (Phi) is 6.88. The fraction of sp³-hybridized carbons (Fsp3) is 0.0833. The van der Waals surface area contributed by atoms with Crippen molar-refractivity contribution in [1.82, 2.24) is 0 Å². The van der Waals surface area contributed by atoms with Crippen LogP contribution >= 0.6 is 11.6 Å². The van der Waals surface area contributed by atoms with Gasteiger partial charge in [-0.05, 0) is 60.2 Å². The Hall–Kier alpha value is -3.57. The van der Waals surface area contributed by atoms with Crippen LogP contribution in [0.2, 0.25) is 5.02 Å². The Bertz CT molecular complexity index is 1050. The summed E-state index contributed by atoms with van der Waals surface area (Å²) in [5.74, 6) is 0.351. The maximum atomic E-state index is 12.6. The first-order valence-corrected chi connectivity index (χ1v) is 9.41. The van der Waals surface area contributed by atoms with Crippen molar-refractivity contribution < 1.29 is 23.8 Å². The van der Waals surface area contributed by atoms with Crippen molar-refractivity contribution in [2.24, 2.45) is 0 Å². The van der Waals surface area contributed by atoms with Gasteiger partial charge in [-0.3, -0.25) is 4.79 Å². The van der Waals surface area contributed by atoms with E-state index in [0.717, 1.165) is 5.56 Å². The minimum atomic E-state index is -0.592. The molecule has 0 radical (unpaired) electrons. The zero-order valence-corrected chi connectivity index (χ0v) is 17.2. The number of carbonyl (C=O) groups excluding carboxylic acids is 2. The van der Waals surface area contributed by atoms with Gasteiger partial charge < -0.3 is 14.2 Å². The molecule has 0 aliphatic carbocycles. The summed E-state index contributed by atoms with van der Waals surface area (Å²) in [7, 11) is 2.94. The molecule has 0 saturated carbocycles. The van der Waals surface area contributed by atoms with Gasteiger partial charge in [0.05, 0.1) is 14.2 Å². The van der Waals surface area contributed by atoms with Crippen LogP contribution in [-0.4, -0.2) is 26.0 Å². The molecule has 0 atom stereocenters. The standard InChI is InChI=1S/C24H19ClO5/c1-28-21-4-3-5-22(29-2)23(21)24(27)30-19-13-6-16(7-14-19)8-15-20(26)17-9-11-18(25)12-10-17/h3-15H,1-2H3/b15-8+. The number of methoxy groups -OCH3 is 2. The number of halogens is 1. The Morgan fingerprint density at radius 2 is 1.43 bits per heavy atom. The molecule has 0 aromatic heterocycles. The Balaban J connectivity index is 1.70. The van der Waals surface area contributed by atoms with E-state index >= 15 is 0 Å². The molecule has 0 amide bonds. The fourth-order valence-electron chi connectivity index (χ4n) is 2.74. The summed E-state index contributed by atoms with van der Waals surface area (Å²) in [6.45, 7) is 0. The molecular formula is C24H19ClO5. The zero-order valence-electron chi connectivity index (χ0n) is 16.4. The molecule has 0 heterocycles. The summed E-state index contributed by atoms with van der Waals surface area (Å²) in [4.78, 5) is 24.8. The van der Waals surface area contributed by atoms with Crippen molar-refractivity contribution in [3.8, 4) is 17.2 Å². The Labute approximate surface area is 179 Å². The van der Waals surface area contributed by atoms with Crippen LogP contribution in [0.4, 0.5) is 0 Å². The first-order valence-electron chi connectivity index (χ1n) is 9.03. The number of rotatable bonds is 7. The summed E-state index contributed by atoms with van der Waals surface area (Å²) in [5.41, 5.74) is 1.54. The van der Waals surface area contributed by atoms with Gasteiger partial charge in [-0.25, -0.2) is 4.79 Å². The summed E-state index contributed by atoms with van der Waals surface area (Å²) in [5, 5.41) is 0.575. The minimum absolute atomic E-state index is 0.134. The summed E-state index contributed by atoms with van der Waals surface area (Å²) < 4.78 is 15.9. The third kappa shape index (κ3) is 5.07. The molecule has 0 spiro atoms. The quantitative estimate of drug-likeness (QED) is 0.218. The molecule has 0 N–H and O–H groups in total. The zero-order chi connectivity index (χ0) is 21.5. The second-order valence-corrected chi connectivity index (χ2v) is 6.64. The lowest BCUT2D eigenvalue weighted by Gasteiger charge is -2.12. The van der Waals surface area contributed by atoms with E-state index in [4.69, 9.17) is 25.8 Å². The SMILES string of the molecule is COc1cccc(OC)c1C(=O)Oc1ccc(/C=C/C(=O)c2ccc(Cl)cc2)cc1. The first kappa shape index (κ1) is 21.1. The van der Waals surface area contributed by atoms with Crippen LogP contribution in [0.3, 0.4) is 0 Å². The summed E-state index contributed by atoms with van der Waals surface area (Å²) in [6, 6.07) is 18.5. The molecule has 0 fully saturated rings. The fourth-order valence-corrected chi connectivity index (χ4v) is 2.87. The third-order valence-corrected chi connectivity index (χ3v) is 4.53. The van der Waals surface area contributed by atoms with Crippen molar-refractivity contribution in [3.05, 3.63) is 94.5 Å². The van der Waals surface area contributed by atoms with Crippen molar-refractivity contribution in [3.63, 3.8) is 0 Å². The van der Waals surface area contributed by atoms with Crippen LogP contribution in [0.1, 0.15) is 26.3 Å². The maximum absolute atomic E-state index is 12.6. The van der Waals surface area contributed by atoms with Crippen molar-refractivity contribution in [2.75, 3.05) is 14.2 Å². The monoisotopic (exact) mass is 422 g/mol. The summed E-state index contributed by atoms with van der Waals surface area (Å²) >= 11 is 5.83. The van der Waals surface area contributed by atoms with Crippen LogP contribution in [0.25, 0.3) is 6.08 Å². The van der Waals surface area contributed by atoms with Crippen molar-refractivity contribution >= 4 is 29.4 Å². The molecule has 5 nitrogen and oxygen atoms in total. The van der Waals surface area contributed by atoms with Crippen LogP contribution in [0.15, 0.2) is 72.8 Å². The second kappa shape index (κ2) is 9.76. The molecule has 0 bridgehead atoms. The highest BCUT2D eigenvalue weighted by Crippen LogP contribution is 2.29. The van der Waals surface area contributed by atoms with E-state index < -0.39 is 5.97 Å². The van der Waals surface area contributed by atoms with E-state index in [-0.39, 0.29) is 11.3 Å². The van der Waals surface area contributed by atoms with Gasteiger partial charge in [0.2, 0.25) is 0 Å². The number of hydrogen-bond donors (Lipinski definition) is 0. The lowest BCUT2D eigenvalue weighted by molar-refractivity contribution is 0.0727. The number of esters is 1. The average molecular weight is 423 g/mol. The van der Waals surface area contributed by atoms with Gasteiger partial charge in [-0.15, -0.1) is 0 Å². The van der Waals surface area contributed by atoms with Gasteiger partial charge in [0, 0.05) is 10.6 Å². The number of carbonyl (C=O) groups is 2. The molecule has 152 valence electrons. The maximum Gasteiger partial charge on any atom is 0.351 e. The highest BCUT2D eigenvalue weighted by Gasteiger charge is 2.20. The molecular weight excluding hydrogens is 404 g/mol. The lowest BCUT2D eigenvalue weighted by Crippen LogP contribution is -2.11. The van der Waals surface area contributed by atoms with Gasteiger partial charge in [0.15, 0.2) is 5.78 Å². The molecule has 3 rings (SSSR count). The van der Waals surface area contributed by atoms with E-state index in [1.165, 1.54) is 20.3 Å². The van der Waals surface area contributed by atoms with Crippen molar-refractivity contribution in [1.29, 1.82) is 0 Å². The van der Waals surface area contributed by atoms with Gasteiger partial charge in [-0.2, -0.15) is 0 Å². The molecule has 30 heavy (non-hydrogen) atoms. The highest BCUT2D eigenvalue weighted by atomic mass is 35.5. The predicted octanol–water partition coefficient (Wildman–Crippen LogP) is 5.47. The number of ketones is 1. The predicted molar refractivity (Wildman–Crippen MR) is 116 cm³/mol. The first-order chi connectivity index (χ1) is 14.5. The van der Waals surface area contributed by atoms with E-state index in [1.807, 2.05) is 0 Å². The van der Waals surface area contributed by atoms with Crippen molar-refractivity contribution in [2.45, 2.75) is 0 Å². The smallest absolute Gasteiger partial charge is 0.351 e. The molecule has 3 aromatic rings. The van der Waals surface area contributed by atoms with Gasteiger partial charge in [-0.1, -0.05) is 35.9 Å². The molecule has 0 saturated heterocycles. The number of ether oxygens (including phenoxy) is 3. The number of benzene rings is 3. The average Bonchev–Trinajstić information content (AvgIpc) is 2.78. The molecule has 3 aromatic carbocycles. The second-order valence-electron chi connectivity index (χ2n) is 6.20. The van der Waals surface area contributed by atoms with E-state index in [0.29, 0.717) is 27.8 Å². The van der Waals surface area contributed by atoms with Gasteiger partial charge in [0.1, 0.15) is 22.8 Å². The highest BCUT2D eigenvalue weighted by molar-refractivity contribution is 6.30. The molecule has 0 unspecified atom stereocenters. The number of allylic oxidation sites excluding steroid dienone is 1. The largest absolute Gasteiger partial charge is 0.496 e. The molecule has 0 aliphatic heterocycles. The summed E-state index contributed by atoms with van der Waals surface area (Å²) in [6.07, 6.45) is 3.16. The van der Waals surface area contributed by atoms with Crippen LogP contribution in [0.5, 0.6) is 17.2 Å². The van der Waals surface area contributed by atoms with E-state index in [9.17, 15) is 9.59 Å². The van der Waals surface area contributed by atoms with E-state index in [1.54, 1.807) is 72.8 Å². The van der Waals surface area contributed by atoms with Gasteiger partial charge in [0.25, 0.3) is 0 Å². The molecule has 0 aliphatic rings. The normalized spacial score (nSPS) is 10.6. The topological polar surface area (TPSA) is 61.8 Å². The van der Waals surface area contributed by atoms with Crippen LogP contribution in [0, 0.1) is 0 Å². The lowest BCUT2D eigenvalue weighted by atomic mass is 10.1. The Morgan fingerprint density at radius 3 is 2.00 bits per heavy atom. The number of hydrogen-bond acceptors (Lipinski definition) is 5. The third-order valence-electron chi connectivity index (χ3n) is 4.28. The van der Waals surface area contributed by atoms with Crippen LogP contribution < -0.4 is 14.2 Å². The Morgan fingerprint density at radius 1 is 0.833 bits per heavy atom. The minimum Gasteiger partial charge on any atom is -0.496 e. The van der Waals surface area contributed by atoms with Gasteiger partial charge >= 0.3 is 5.97 Å².